The number of benzene rings is 2. The first-order chi connectivity index (χ1) is 12.3. The molecule has 0 aliphatic heterocycles. The molecule has 0 radical (unpaired) electrons. The van der Waals surface area contributed by atoms with E-state index in [1.54, 1.807) is 12.1 Å². The van der Waals surface area contributed by atoms with Gasteiger partial charge in [0.05, 0.1) is 18.5 Å². The van der Waals surface area contributed by atoms with Gasteiger partial charge in [-0.1, -0.05) is 29.8 Å². The highest BCUT2D eigenvalue weighted by Gasteiger charge is 2.11. The number of carbonyl (C=O) groups is 3. The number of carboxylic acids is 1. The predicted molar refractivity (Wildman–Crippen MR) is 99.4 cm³/mol. The lowest BCUT2D eigenvalue weighted by atomic mass is 10.1. The van der Waals surface area contributed by atoms with Crippen LogP contribution < -0.4 is 10.6 Å². The summed E-state index contributed by atoms with van der Waals surface area (Å²) in [6.45, 7) is 5.68. The molecule has 0 atom stereocenters. The van der Waals surface area contributed by atoms with Crippen molar-refractivity contribution >= 4 is 23.5 Å². The Morgan fingerprint density at radius 3 is 2.23 bits per heavy atom. The van der Waals surface area contributed by atoms with E-state index in [9.17, 15) is 14.4 Å². The second kappa shape index (κ2) is 8.29. The van der Waals surface area contributed by atoms with Crippen molar-refractivity contribution in [2.24, 2.45) is 0 Å². The molecule has 0 heterocycles. The summed E-state index contributed by atoms with van der Waals surface area (Å²) in [5.41, 5.74) is 4.51. The molecule has 2 rings (SSSR count). The molecule has 6 nitrogen and oxygen atoms in total. The third-order valence-electron chi connectivity index (χ3n) is 3.93. The highest BCUT2D eigenvalue weighted by Crippen LogP contribution is 2.21. The number of carboxylic acid groups (broad SMARTS) is 1. The van der Waals surface area contributed by atoms with Gasteiger partial charge in [-0.15, -0.1) is 0 Å². The van der Waals surface area contributed by atoms with E-state index in [0.29, 0.717) is 5.56 Å². The molecule has 0 fully saturated rings. The van der Waals surface area contributed by atoms with Crippen LogP contribution in [0.1, 0.15) is 32.6 Å². The van der Waals surface area contributed by atoms with Crippen LogP contribution in [0.4, 0.5) is 5.69 Å². The first kappa shape index (κ1) is 19.2. The Bertz CT molecular complexity index is 836. The average Bonchev–Trinajstić information content (AvgIpc) is 2.56. The van der Waals surface area contributed by atoms with Crippen LogP contribution in [0.5, 0.6) is 0 Å². The SMILES string of the molecule is Cc1cc(C)c(NC(=O)CNC(=O)Cc2cccc(C(=O)O)c2)c(C)c1. The number of carbonyl (C=O) groups excluding carboxylic acids is 2. The summed E-state index contributed by atoms with van der Waals surface area (Å²) in [4.78, 5) is 35.0. The molecular weight excluding hydrogens is 332 g/mol. The van der Waals surface area contributed by atoms with Crippen LogP contribution in [0, 0.1) is 20.8 Å². The quantitative estimate of drug-likeness (QED) is 0.743. The van der Waals surface area contributed by atoms with Crippen LogP contribution in [-0.2, 0) is 16.0 Å². The second-order valence-corrected chi connectivity index (χ2v) is 6.28. The molecule has 6 heteroatoms. The van der Waals surface area contributed by atoms with Crippen LogP contribution in [0.3, 0.4) is 0 Å². The monoisotopic (exact) mass is 354 g/mol. The highest BCUT2D eigenvalue weighted by atomic mass is 16.4. The molecule has 0 saturated carbocycles. The number of aromatic carboxylic acids is 1. The number of hydrogen-bond acceptors (Lipinski definition) is 3. The van der Waals surface area contributed by atoms with Gasteiger partial charge < -0.3 is 15.7 Å². The van der Waals surface area contributed by atoms with E-state index in [4.69, 9.17) is 5.11 Å². The molecule has 26 heavy (non-hydrogen) atoms. The van der Waals surface area contributed by atoms with E-state index in [2.05, 4.69) is 10.6 Å². The van der Waals surface area contributed by atoms with E-state index in [1.807, 2.05) is 32.9 Å². The molecule has 136 valence electrons. The van der Waals surface area contributed by atoms with Gasteiger partial charge in [-0.2, -0.15) is 0 Å². The Kier molecular flexibility index (Phi) is 6.11. The zero-order valence-corrected chi connectivity index (χ0v) is 15.1. The molecule has 0 aliphatic rings. The molecule has 0 saturated heterocycles. The van der Waals surface area contributed by atoms with Gasteiger partial charge in [0.1, 0.15) is 0 Å². The van der Waals surface area contributed by atoms with E-state index in [1.165, 1.54) is 12.1 Å². The van der Waals surface area contributed by atoms with Gasteiger partial charge in [0.15, 0.2) is 0 Å². The highest BCUT2D eigenvalue weighted by molar-refractivity contribution is 5.96. The smallest absolute Gasteiger partial charge is 0.335 e. The molecular formula is C20H22N2O4. The van der Waals surface area contributed by atoms with Gasteiger partial charge in [-0.05, 0) is 49.6 Å². The second-order valence-electron chi connectivity index (χ2n) is 6.28. The van der Waals surface area contributed by atoms with Crippen molar-refractivity contribution < 1.29 is 19.5 Å². The summed E-state index contributed by atoms with van der Waals surface area (Å²) in [5.74, 6) is -1.71. The zero-order valence-electron chi connectivity index (χ0n) is 15.1. The van der Waals surface area contributed by atoms with Crippen molar-refractivity contribution in [3.05, 3.63) is 64.2 Å². The van der Waals surface area contributed by atoms with Gasteiger partial charge in [0, 0.05) is 5.69 Å². The first-order valence-electron chi connectivity index (χ1n) is 8.23. The Hall–Kier alpha value is -3.15. The minimum atomic E-state index is -1.05. The molecule has 2 aromatic rings. The van der Waals surface area contributed by atoms with Gasteiger partial charge in [0.2, 0.25) is 11.8 Å². The van der Waals surface area contributed by atoms with Gasteiger partial charge in [0.25, 0.3) is 0 Å². The van der Waals surface area contributed by atoms with Crippen molar-refractivity contribution in [3.63, 3.8) is 0 Å². The number of nitrogens with one attached hydrogen (secondary N) is 2. The average molecular weight is 354 g/mol. The van der Waals surface area contributed by atoms with Crippen LogP contribution >= 0.6 is 0 Å². The summed E-state index contributed by atoms with van der Waals surface area (Å²) in [6.07, 6.45) is 0.0109. The first-order valence-corrected chi connectivity index (χ1v) is 8.23. The molecule has 0 spiro atoms. The Balaban J connectivity index is 1.90. The lowest BCUT2D eigenvalue weighted by molar-refractivity contribution is -0.123. The maximum Gasteiger partial charge on any atom is 0.335 e. The van der Waals surface area contributed by atoms with Crippen LogP contribution in [0.15, 0.2) is 36.4 Å². The molecule has 2 amide bonds. The molecule has 2 aromatic carbocycles. The Morgan fingerprint density at radius 2 is 1.62 bits per heavy atom. The topological polar surface area (TPSA) is 95.5 Å². The number of hydrogen-bond donors (Lipinski definition) is 3. The van der Waals surface area contributed by atoms with E-state index in [0.717, 1.165) is 22.4 Å². The number of anilines is 1. The number of aryl methyl sites for hydroxylation is 3. The zero-order chi connectivity index (χ0) is 19.3. The third kappa shape index (κ3) is 5.17. The van der Waals surface area contributed by atoms with Crippen LogP contribution in [-0.4, -0.2) is 29.4 Å². The van der Waals surface area contributed by atoms with Crippen molar-refractivity contribution in [2.45, 2.75) is 27.2 Å². The van der Waals surface area contributed by atoms with Crippen LogP contribution in [0.25, 0.3) is 0 Å². The lowest BCUT2D eigenvalue weighted by Gasteiger charge is -2.13. The van der Waals surface area contributed by atoms with Crippen molar-refractivity contribution in [3.8, 4) is 0 Å². The number of rotatable bonds is 6. The third-order valence-corrected chi connectivity index (χ3v) is 3.93. The van der Waals surface area contributed by atoms with Gasteiger partial charge in [-0.3, -0.25) is 9.59 Å². The number of amides is 2. The Morgan fingerprint density at radius 1 is 0.962 bits per heavy atom. The fourth-order valence-corrected chi connectivity index (χ4v) is 2.80. The van der Waals surface area contributed by atoms with Gasteiger partial charge >= 0.3 is 5.97 Å². The molecule has 0 unspecified atom stereocenters. The maximum absolute atomic E-state index is 12.1. The van der Waals surface area contributed by atoms with E-state index in [-0.39, 0.29) is 30.3 Å². The normalized spacial score (nSPS) is 10.3. The molecule has 3 N–H and O–H groups in total. The standard InChI is InChI=1S/C20H22N2O4/c1-12-7-13(2)19(14(3)8-12)22-18(24)11-21-17(23)10-15-5-4-6-16(9-15)20(25)26/h4-9H,10-11H2,1-3H3,(H,21,23)(H,22,24)(H,25,26). The summed E-state index contributed by atoms with van der Waals surface area (Å²) in [6, 6.07) is 10.1. The summed E-state index contributed by atoms with van der Waals surface area (Å²) in [5, 5.41) is 14.3. The summed E-state index contributed by atoms with van der Waals surface area (Å²) < 4.78 is 0. The van der Waals surface area contributed by atoms with Crippen molar-refractivity contribution in [2.75, 3.05) is 11.9 Å². The molecule has 0 bridgehead atoms. The lowest BCUT2D eigenvalue weighted by Crippen LogP contribution is -2.34. The van der Waals surface area contributed by atoms with Crippen LogP contribution in [0.2, 0.25) is 0 Å². The summed E-state index contributed by atoms with van der Waals surface area (Å²) in [7, 11) is 0. The van der Waals surface area contributed by atoms with E-state index < -0.39 is 5.97 Å². The van der Waals surface area contributed by atoms with Crippen molar-refractivity contribution in [1.82, 2.24) is 5.32 Å². The largest absolute Gasteiger partial charge is 0.478 e. The maximum atomic E-state index is 12.1. The van der Waals surface area contributed by atoms with E-state index >= 15 is 0 Å². The molecule has 0 aliphatic carbocycles. The minimum Gasteiger partial charge on any atom is -0.478 e. The van der Waals surface area contributed by atoms with Gasteiger partial charge in [-0.25, -0.2) is 4.79 Å². The summed E-state index contributed by atoms with van der Waals surface area (Å²) >= 11 is 0. The molecule has 0 aromatic heterocycles. The fourth-order valence-electron chi connectivity index (χ4n) is 2.80. The predicted octanol–water partition coefficient (Wildman–Crippen LogP) is 2.61. The van der Waals surface area contributed by atoms with Crippen molar-refractivity contribution in [1.29, 1.82) is 0 Å². The fraction of sp³-hybridized carbons (Fsp3) is 0.250. The minimum absolute atomic E-state index is 0.0109. The Labute approximate surface area is 152 Å².